The molecule has 0 saturated carbocycles. The van der Waals surface area contributed by atoms with E-state index in [1.807, 2.05) is 30.3 Å². The highest BCUT2D eigenvalue weighted by atomic mass is 32.2. The van der Waals surface area contributed by atoms with E-state index < -0.39 is 11.7 Å². The predicted molar refractivity (Wildman–Crippen MR) is 116 cm³/mol. The summed E-state index contributed by atoms with van der Waals surface area (Å²) < 4.78 is 45.3. The molecule has 0 unspecified atom stereocenters. The Bertz CT molecular complexity index is 1050. The number of hydrogen-bond donors (Lipinski definition) is 0. The van der Waals surface area contributed by atoms with E-state index in [1.165, 1.54) is 29.2 Å². The molecular formula is C22H16F3NO2S2. The van der Waals surface area contributed by atoms with Crippen molar-refractivity contribution in [3.05, 3.63) is 101 Å². The molecule has 30 heavy (non-hydrogen) atoms. The molecule has 0 spiro atoms. The fourth-order valence-electron chi connectivity index (χ4n) is 2.76. The van der Waals surface area contributed by atoms with E-state index in [0.717, 1.165) is 23.4 Å². The van der Waals surface area contributed by atoms with Crippen LogP contribution in [0.3, 0.4) is 0 Å². The van der Waals surface area contributed by atoms with Crippen LogP contribution in [0, 0.1) is 0 Å². The van der Waals surface area contributed by atoms with Crippen LogP contribution in [-0.2, 0) is 22.3 Å². The van der Waals surface area contributed by atoms with Crippen LogP contribution in [0.25, 0.3) is 5.76 Å². The van der Waals surface area contributed by atoms with Gasteiger partial charge in [0.25, 0.3) is 5.91 Å². The Morgan fingerprint density at radius 3 is 2.40 bits per heavy atom. The van der Waals surface area contributed by atoms with E-state index >= 15 is 0 Å². The van der Waals surface area contributed by atoms with E-state index in [1.54, 1.807) is 0 Å². The molecule has 0 N–H and O–H groups in total. The molecule has 0 aromatic heterocycles. The molecule has 3 nitrogen and oxygen atoms in total. The van der Waals surface area contributed by atoms with Gasteiger partial charge in [0.2, 0.25) is 0 Å². The lowest BCUT2D eigenvalue weighted by molar-refractivity contribution is -0.137. The maximum Gasteiger partial charge on any atom is 0.417 e. The largest absolute Gasteiger partial charge is 0.458 e. The minimum Gasteiger partial charge on any atom is -0.458 e. The predicted octanol–water partition coefficient (Wildman–Crippen LogP) is 6.15. The summed E-state index contributed by atoms with van der Waals surface area (Å²) in [6.07, 6.45) is -3.20. The van der Waals surface area contributed by atoms with E-state index in [2.05, 4.69) is 13.2 Å². The zero-order valence-corrected chi connectivity index (χ0v) is 17.2. The van der Waals surface area contributed by atoms with Gasteiger partial charge in [-0.3, -0.25) is 9.69 Å². The van der Waals surface area contributed by atoms with Crippen LogP contribution in [0.2, 0.25) is 0 Å². The Balaban J connectivity index is 1.72. The van der Waals surface area contributed by atoms with Gasteiger partial charge in [0.05, 0.1) is 17.0 Å². The lowest BCUT2D eigenvalue weighted by atomic mass is 10.1. The molecule has 0 bridgehead atoms. The normalized spacial score (nSPS) is 15.6. The first-order valence-corrected chi connectivity index (χ1v) is 9.91. The van der Waals surface area contributed by atoms with Gasteiger partial charge in [0, 0.05) is 5.56 Å². The molecule has 2 aromatic carbocycles. The topological polar surface area (TPSA) is 29.5 Å². The van der Waals surface area contributed by atoms with Crippen molar-refractivity contribution in [2.75, 3.05) is 0 Å². The maximum atomic E-state index is 13.2. The molecule has 1 aliphatic heterocycles. The Hall–Kier alpha value is -2.84. The highest BCUT2D eigenvalue weighted by Crippen LogP contribution is 2.36. The van der Waals surface area contributed by atoms with Crippen molar-refractivity contribution >= 4 is 40.0 Å². The lowest BCUT2D eigenvalue weighted by Crippen LogP contribution is -2.27. The van der Waals surface area contributed by atoms with E-state index in [4.69, 9.17) is 17.0 Å². The maximum absolute atomic E-state index is 13.2. The zero-order chi connectivity index (χ0) is 21.9. The highest BCUT2D eigenvalue weighted by molar-refractivity contribution is 8.26. The van der Waals surface area contributed by atoms with Gasteiger partial charge in [-0.05, 0) is 17.7 Å². The number of carbonyl (C=O) groups excluding carboxylic acids is 1. The molecule has 1 heterocycles. The van der Waals surface area contributed by atoms with Gasteiger partial charge in [0.15, 0.2) is 0 Å². The number of rotatable bonds is 6. The second kappa shape index (κ2) is 8.89. The summed E-state index contributed by atoms with van der Waals surface area (Å²) in [6.45, 7) is 7.58. The average molecular weight is 448 g/mol. The molecule has 2 aromatic rings. The Kier molecular flexibility index (Phi) is 6.48. The lowest BCUT2D eigenvalue weighted by Gasteiger charge is -2.15. The minimum atomic E-state index is -4.55. The van der Waals surface area contributed by atoms with Crippen molar-refractivity contribution in [3.63, 3.8) is 0 Å². The fraction of sp³-hybridized carbons (Fsp3) is 0.0909. The van der Waals surface area contributed by atoms with Crippen LogP contribution in [0.1, 0.15) is 16.7 Å². The number of halogens is 3. The third-order valence-electron chi connectivity index (χ3n) is 4.14. The molecule has 3 rings (SSSR count). The van der Waals surface area contributed by atoms with Gasteiger partial charge in [-0.15, -0.1) is 0 Å². The molecule has 0 aliphatic carbocycles. The van der Waals surface area contributed by atoms with Crippen LogP contribution < -0.4 is 0 Å². The van der Waals surface area contributed by atoms with Crippen LogP contribution >= 0.6 is 24.0 Å². The summed E-state index contributed by atoms with van der Waals surface area (Å²) in [5, 5.41) is 0. The second-order valence-electron chi connectivity index (χ2n) is 6.29. The molecule has 0 atom stereocenters. The number of nitrogens with zero attached hydrogens (tertiary/aromatic N) is 1. The Labute approximate surface area is 181 Å². The third-order valence-corrected chi connectivity index (χ3v) is 5.51. The summed E-state index contributed by atoms with van der Waals surface area (Å²) in [5.74, 6) is -0.555. The van der Waals surface area contributed by atoms with Gasteiger partial charge in [-0.25, -0.2) is 0 Å². The Morgan fingerprint density at radius 2 is 1.73 bits per heavy atom. The number of carbonyl (C=O) groups is 1. The minimum absolute atomic E-state index is 0.0165. The molecule has 0 radical (unpaired) electrons. The smallest absolute Gasteiger partial charge is 0.417 e. The summed E-state index contributed by atoms with van der Waals surface area (Å²) in [4.78, 5) is 14.4. The quantitative estimate of drug-likeness (QED) is 0.302. The van der Waals surface area contributed by atoms with Crippen LogP contribution in [0.4, 0.5) is 13.2 Å². The van der Waals surface area contributed by atoms with Gasteiger partial charge >= 0.3 is 6.18 Å². The number of amides is 1. The molecule has 1 amide bonds. The van der Waals surface area contributed by atoms with Crippen molar-refractivity contribution in [1.29, 1.82) is 0 Å². The Morgan fingerprint density at radius 1 is 1.10 bits per heavy atom. The molecule has 1 aliphatic rings. The number of allylic oxidation sites excluding steroid dienone is 1. The van der Waals surface area contributed by atoms with E-state index in [-0.39, 0.29) is 27.9 Å². The monoisotopic (exact) mass is 447 g/mol. The molecule has 1 saturated heterocycles. The first-order chi connectivity index (χ1) is 14.2. The third kappa shape index (κ3) is 5.01. The van der Waals surface area contributed by atoms with Crippen molar-refractivity contribution < 1.29 is 22.7 Å². The molecule has 8 heteroatoms. The number of benzene rings is 2. The first kappa shape index (κ1) is 21.9. The molecule has 154 valence electrons. The van der Waals surface area contributed by atoms with Gasteiger partial charge < -0.3 is 4.74 Å². The summed E-state index contributed by atoms with van der Waals surface area (Å²) in [7, 11) is 0. The molecule has 1 fully saturated rings. The van der Waals surface area contributed by atoms with E-state index in [9.17, 15) is 18.0 Å². The molecular weight excluding hydrogens is 431 g/mol. The van der Waals surface area contributed by atoms with Crippen LogP contribution in [0.5, 0.6) is 0 Å². The fourth-order valence-corrected chi connectivity index (χ4v) is 4.02. The van der Waals surface area contributed by atoms with Crippen molar-refractivity contribution in [3.8, 4) is 0 Å². The summed E-state index contributed by atoms with van der Waals surface area (Å²) in [6, 6.07) is 14.3. The first-order valence-electron chi connectivity index (χ1n) is 8.68. The number of ether oxygens (including phenoxy) is 1. The number of alkyl halides is 3. The number of hydrogen-bond acceptors (Lipinski definition) is 4. The van der Waals surface area contributed by atoms with E-state index in [0.29, 0.717) is 10.9 Å². The van der Waals surface area contributed by atoms with Gasteiger partial charge in [-0.1, -0.05) is 85.7 Å². The van der Waals surface area contributed by atoms with Gasteiger partial charge in [-0.2, -0.15) is 13.2 Å². The van der Waals surface area contributed by atoms with Crippen LogP contribution in [-0.4, -0.2) is 15.1 Å². The van der Waals surface area contributed by atoms with Crippen molar-refractivity contribution in [2.45, 2.75) is 12.7 Å². The highest BCUT2D eigenvalue weighted by Gasteiger charge is 2.34. The standard InChI is InChI=1S/C22H16F3NO2S2/c1-14(28-15(2)17-10-6-7-11-18(17)22(23,24)25)12-19-20(27)26(21(29)30-19)13-16-8-4-3-5-9-16/h3-12H,1-2,13H2/b19-12-. The second-order valence-corrected chi connectivity index (χ2v) is 7.96. The van der Waals surface area contributed by atoms with Crippen LogP contribution in [0.15, 0.2) is 84.5 Å². The zero-order valence-electron chi connectivity index (χ0n) is 15.6. The number of thioether (sulfide) groups is 1. The number of thiocarbonyl (C=S) groups is 1. The SMILES string of the molecule is C=C(/C=C1\SC(=S)N(Cc2ccccc2)C1=O)OC(=C)c1ccccc1C(F)(F)F. The average Bonchev–Trinajstić information content (AvgIpc) is 2.95. The van der Waals surface area contributed by atoms with Crippen molar-refractivity contribution in [2.24, 2.45) is 0 Å². The summed E-state index contributed by atoms with van der Waals surface area (Å²) in [5.41, 5.74) is -0.143. The van der Waals surface area contributed by atoms with Gasteiger partial charge in [0.1, 0.15) is 15.8 Å². The van der Waals surface area contributed by atoms with Crippen molar-refractivity contribution in [1.82, 2.24) is 4.90 Å². The summed E-state index contributed by atoms with van der Waals surface area (Å²) >= 11 is 6.36.